The number of benzene rings is 1. The fourth-order valence-electron chi connectivity index (χ4n) is 2.01. The van der Waals surface area contributed by atoms with Crippen LogP contribution in [0.3, 0.4) is 0 Å². The van der Waals surface area contributed by atoms with Crippen molar-refractivity contribution in [1.29, 1.82) is 0 Å². The van der Waals surface area contributed by atoms with Gasteiger partial charge in [-0.2, -0.15) is 0 Å². The molecule has 0 aliphatic carbocycles. The van der Waals surface area contributed by atoms with Gasteiger partial charge in [-0.15, -0.1) is 0 Å². The molecule has 2 aromatic rings. The summed E-state index contributed by atoms with van der Waals surface area (Å²) < 4.78 is 0. The number of hydrogen-bond donors (Lipinski definition) is 2. The van der Waals surface area contributed by atoms with E-state index in [1.54, 1.807) is 0 Å². The topological polar surface area (TPSA) is 73.2 Å². The van der Waals surface area contributed by atoms with Crippen molar-refractivity contribution in [3.05, 3.63) is 41.5 Å². The minimum Gasteiger partial charge on any atom is -0.382 e. The van der Waals surface area contributed by atoms with Gasteiger partial charge in [0.05, 0.1) is 5.69 Å². The summed E-state index contributed by atoms with van der Waals surface area (Å²) in [7, 11) is 0. The van der Waals surface area contributed by atoms with Crippen molar-refractivity contribution in [2.45, 2.75) is 26.2 Å². The molecule has 0 saturated heterocycles. The molecule has 0 bridgehead atoms. The van der Waals surface area contributed by atoms with Gasteiger partial charge in [-0.25, -0.2) is 4.98 Å². The number of rotatable bonds is 2. The molecular formula is C16H18N4. The zero-order valence-electron chi connectivity index (χ0n) is 11.9. The van der Waals surface area contributed by atoms with Crippen LogP contribution in [-0.4, -0.2) is 11.2 Å². The standard InChI is InChI=1S/C16H18N4/c1-16(2,3)11-6-4-5-10(7-11)9-18-12-8-13-15(19-13)20-14(12)17/h4-9H,1-3H3,(H3,17,19,20). The number of aromatic nitrogens is 1. The van der Waals surface area contributed by atoms with Crippen molar-refractivity contribution >= 4 is 29.2 Å². The number of anilines is 3. The maximum Gasteiger partial charge on any atom is 0.156 e. The van der Waals surface area contributed by atoms with Crippen LogP contribution < -0.4 is 11.1 Å². The van der Waals surface area contributed by atoms with Crippen molar-refractivity contribution < 1.29 is 0 Å². The molecule has 20 heavy (non-hydrogen) atoms. The molecule has 1 aromatic carbocycles. The lowest BCUT2D eigenvalue weighted by Gasteiger charge is -2.19. The second kappa shape index (κ2) is 4.34. The zero-order chi connectivity index (χ0) is 14.3. The number of nitrogen functional groups attached to an aromatic ring is 1. The summed E-state index contributed by atoms with van der Waals surface area (Å²) in [5.41, 5.74) is 10.0. The minimum absolute atomic E-state index is 0.131. The first-order chi connectivity index (χ1) is 9.43. The largest absolute Gasteiger partial charge is 0.382 e. The molecule has 0 fully saturated rings. The summed E-state index contributed by atoms with van der Waals surface area (Å²) in [6, 6.07) is 10.3. The molecule has 0 amide bonds. The van der Waals surface area contributed by atoms with Crippen molar-refractivity contribution in [1.82, 2.24) is 4.98 Å². The average Bonchev–Trinajstić information content (AvgIpc) is 3.13. The Morgan fingerprint density at radius 1 is 1.25 bits per heavy atom. The van der Waals surface area contributed by atoms with E-state index in [1.165, 1.54) is 5.56 Å². The van der Waals surface area contributed by atoms with Gasteiger partial charge >= 0.3 is 0 Å². The lowest BCUT2D eigenvalue weighted by molar-refractivity contribution is 0.590. The summed E-state index contributed by atoms with van der Waals surface area (Å²) in [4.78, 5) is 8.63. The van der Waals surface area contributed by atoms with Gasteiger partial charge in [-0.3, -0.25) is 4.99 Å². The molecule has 3 N–H and O–H groups in total. The van der Waals surface area contributed by atoms with E-state index in [4.69, 9.17) is 5.73 Å². The van der Waals surface area contributed by atoms with Crippen LogP contribution in [0.25, 0.3) is 0 Å². The molecule has 102 valence electrons. The van der Waals surface area contributed by atoms with E-state index in [1.807, 2.05) is 18.3 Å². The van der Waals surface area contributed by atoms with Gasteiger partial charge in [-0.05, 0) is 28.7 Å². The normalized spacial score (nSPS) is 13.2. The van der Waals surface area contributed by atoms with Gasteiger partial charge in [0.1, 0.15) is 5.69 Å². The number of nitrogens with two attached hydrogens (primary N) is 1. The Kier molecular flexibility index (Phi) is 2.74. The molecule has 1 aliphatic rings. The smallest absolute Gasteiger partial charge is 0.156 e. The Bertz CT molecular complexity index is 696. The number of nitrogens with one attached hydrogen (secondary N) is 1. The molecular weight excluding hydrogens is 248 g/mol. The van der Waals surface area contributed by atoms with E-state index in [0.717, 1.165) is 17.1 Å². The third-order valence-corrected chi connectivity index (χ3v) is 3.33. The summed E-state index contributed by atoms with van der Waals surface area (Å²) in [5, 5.41) is 3.03. The van der Waals surface area contributed by atoms with Crippen LogP contribution in [-0.2, 0) is 5.41 Å². The molecule has 0 spiro atoms. The van der Waals surface area contributed by atoms with E-state index < -0.39 is 0 Å². The highest BCUT2D eigenvalue weighted by Gasteiger charge is 2.19. The first-order valence-electron chi connectivity index (χ1n) is 6.66. The highest BCUT2D eigenvalue weighted by molar-refractivity contribution is 5.92. The van der Waals surface area contributed by atoms with Crippen LogP contribution in [0.1, 0.15) is 31.9 Å². The molecule has 1 aliphatic heterocycles. The molecule has 2 heterocycles. The second-order valence-electron chi connectivity index (χ2n) is 6.05. The predicted molar refractivity (Wildman–Crippen MR) is 84.3 cm³/mol. The highest BCUT2D eigenvalue weighted by Crippen LogP contribution is 2.41. The van der Waals surface area contributed by atoms with E-state index in [9.17, 15) is 0 Å². The molecule has 4 heteroatoms. The Labute approximate surface area is 118 Å². The molecule has 0 saturated carbocycles. The van der Waals surface area contributed by atoms with Crippen LogP contribution in [0.4, 0.5) is 23.0 Å². The van der Waals surface area contributed by atoms with E-state index >= 15 is 0 Å². The van der Waals surface area contributed by atoms with Crippen LogP contribution >= 0.6 is 0 Å². The van der Waals surface area contributed by atoms with Crippen LogP contribution in [0.2, 0.25) is 0 Å². The van der Waals surface area contributed by atoms with Gasteiger partial charge in [0.2, 0.25) is 0 Å². The van der Waals surface area contributed by atoms with Crippen LogP contribution in [0.5, 0.6) is 0 Å². The first-order valence-corrected chi connectivity index (χ1v) is 6.66. The number of pyridine rings is 1. The highest BCUT2D eigenvalue weighted by atomic mass is 15.2. The third-order valence-electron chi connectivity index (χ3n) is 3.33. The van der Waals surface area contributed by atoms with Crippen molar-refractivity contribution in [3.63, 3.8) is 0 Å². The summed E-state index contributed by atoms with van der Waals surface area (Å²) in [6.45, 7) is 6.60. The SMILES string of the molecule is CC(C)(C)c1cccc(C=Nc2cc3c(nc2N)N3)c1. The third kappa shape index (κ3) is 2.50. The van der Waals surface area contributed by atoms with Crippen LogP contribution in [0.15, 0.2) is 35.3 Å². The lowest BCUT2D eigenvalue weighted by Crippen LogP contribution is -2.11. The van der Waals surface area contributed by atoms with E-state index in [0.29, 0.717) is 11.5 Å². The predicted octanol–water partition coefficient (Wildman–Crippen LogP) is 3.77. The monoisotopic (exact) mass is 266 g/mol. The van der Waals surface area contributed by atoms with Gasteiger partial charge in [0, 0.05) is 6.21 Å². The summed E-state index contributed by atoms with van der Waals surface area (Å²) in [6.07, 6.45) is 1.83. The summed E-state index contributed by atoms with van der Waals surface area (Å²) in [5.74, 6) is 1.31. The van der Waals surface area contributed by atoms with Gasteiger partial charge in [-0.1, -0.05) is 39.0 Å². The Morgan fingerprint density at radius 2 is 2.05 bits per heavy atom. The van der Waals surface area contributed by atoms with Gasteiger partial charge in [0.15, 0.2) is 11.6 Å². The number of hydrogen-bond acceptors (Lipinski definition) is 4. The molecule has 0 radical (unpaired) electrons. The van der Waals surface area contributed by atoms with E-state index in [-0.39, 0.29) is 5.41 Å². The Hall–Kier alpha value is -2.36. The second-order valence-corrected chi connectivity index (χ2v) is 6.05. The van der Waals surface area contributed by atoms with Crippen molar-refractivity contribution in [2.24, 2.45) is 4.99 Å². The molecule has 3 rings (SSSR count). The van der Waals surface area contributed by atoms with Gasteiger partial charge in [0.25, 0.3) is 0 Å². The number of nitrogens with zero attached hydrogens (tertiary/aromatic N) is 2. The Balaban J connectivity index is 1.88. The molecule has 1 aromatic heterocycles. The van der Waals surface area contributed by atoms with E-state index in [2.05, 4.69) is 54.3 Å². The quantitative estimate of drug-likeness (QED) is 0.547. The fraction of sp³-hybridized carbons (Fsp3) is 0.250. The van der Waals surface area contributed by atoms with Crippen LogP contribution in [0, 0.1) is 0 Å². The summed E-state index contributed by atoms with van der Waals surface area (Å²) >= 11 is 0. The van der Waals surface area contributed by atoms with Crippen molar-refractivity contribution in [3.8, 4) is 0 Å². The first kappa shape index (κ1) is 12.7. The number of fused-ring (bicyclic) bond motifs is 1. The molecule has 4 nitrogen and oxygen atoms in total. The average molecular weight is 266 g/mol. The van der Waals surface area contributed by atoms with Crippen molar-refractivity contribution in [2.75, 3.05) is 11.1 Å². The van der Waals surface area contributed by atoms with Gasteiger partial charge < -0.3 is 11.1 Å². The minimum atomic E-state index is 0.131. The molecule has 0 unspecified atom stereocenters. The maximum atomic E-state index is 5.85. The molecule has 0 atom stereocenters. The zero-order valence-corrected chi connectivity index (χ0v) is 11.9. The maximum absolute atomic E-state index is 5.85. The lowest BCUT2D eigenvalue weighted by atomic mass is 9.86. The fourth-order valence-corrected chi connectivity index (χ4v) is 2.01. The Morgan fingerprint density at radius 3 is 2.80 bits per heavy atom. The number of aliphatic imine (C=N–C) groups is 1.